The number of methoxy groups -OCH3 is 1. The first-order valence-corrected chi connectivity index (χ1v) is 8.71. The minimum absolute atomic E-state index is 0.136. The molecule has 0 heterocycles. The molecule has 0 aliphatic rings. The van der Waals surface area contributed by atoms with Gasteiger partial charge in [0.2, 0.25) is 11.8 Å². The highest BCUT2D eigenvalue weighted by Gasteiger charge is 2.25. The Labute approximate surface area is 158 Å². The summed E-state index contributed by atoms with van der Waals surface area (Å²) in [5, 5.41) is 3.14. The number of halogens is 1. The normalized spacial score (nSPS) is 11.5. The smallest absolute Gasteiger partial charge is 0.242 e. The van der Waals surface area contributed by atoms with Gasteiger partial charge in [-0.25, -0.2) is 0 Å². The van der Waals surface area contributed by atoms with E-state index in [4.69, 9.17) is 16.3 Å². The maximum Gasteiger partial charge on any atom is 0.242 e. The van der Waals surface area contributed by atoms with E-state index in [1.807, 2.05) is 42.5 Å². The standard InChI is InChI=1S/C20H23ClN2O3/c1-14(20(25)22-2)23(13-15-8-10-17(26-3)11-9-15)19(24)12-16-6-4-5-7-18(16)21/h4-11,14H,12-13H2,1-3H3,(H,22,25)/t14-/m1/s1. The fourth-order valence-electron chi connectivity index (χ4n) is 2.63. The summed E-state index contributed by atoms with van der Waals surface area (Å²) < 4.78 is 5.16. The van der Waals surface area contributed by atoms with Crippen molar-refractivity contribution in [2.75, 3.05) is 14.2 Å². The molecule has 0 saturated heterocycles. The van der Waals surface area contributed by atoms with Crippen molar-refractivity contribution >= 4 is 23.4 Å². The Morgan fingerprint density at radius 1 is 1.15 bits per heavy atom. The molecule has 0 radical (unpaired) electrons. The third-order valence-corrected chi connectivity index (χ3v) is 4.59. The van der Waals surface area contributed by atoms with Gasteiger partial charge in [0.1, 0.15) is 11.8 Å². The Morgan fingerprint density at radius 2 is 1.81 bits per heavy atom. The highest BCUT2D eigenvalue weighted by Crippen LogP contribution is 2.19. The molecule has 1 atom stereocenters. The second-order valence-electron chi connectivity index (χ2n) is 5.93. The lowest BCUT2D eigenvalue weighted by Crippen LogP contribution is -2.47. The Kier molecular flexibility index (Phi) is 7.04. The van der Waals surface area contributed by atoms with Gasteiger partial charge in [-0.2, -0.15) is 0 Å². The van der Waals surface area contributed by atoms with E-state index in [0.29, 0.717) is 11.6 Å². The SMILES string of the molecule is CNC(=O)[C@@H](C)N(Cc1ccc(OC)cc1)C(=O)Cc1ccccc1Cl. The van der Waals surface area contributed by atoms with Crippen molar-refractivity contribution in [3.05, 3.63) is 64.7 Å². The van der Waals surface area contributed by atoms with Crippen LogP contribution in [0.3, 0.4) is 0 Å². The summed E-state index contributed by atoms with van der Waals surface area (Å²) in [4.78, 5) is 26.6. The number of hydrogen-bond acceptors (Lipinski definition) is 3. The van der Waals surface area contributed by atoms with Crippen LogP contribution in [0.5, 0.6) is 5.75 Å². The van der Waals surface area contributed by atoms with Crippen molar-refractivity contribution in [1.82, 2.24) is 10.2 Å². The number of amides is 2. The van der Waals surface area contributed by atoms with E-state index in [2.05, 4.69) is 5.32 Å². The molecule has 26 heavy (non-hydrogen) atoms. The van der Waals surface area contributed by atoms with Crippen LogP contribution in [-0.4, -0.2) is 36.9 Å². The van der Waals surface area contributed by atoms with E-state index in [9.17, 15) is 9.59 Å². The lowest BCUT2D eigenvalue weighted by Gasteiger charge is -2.28. The first-order valence-electron chi connectivity index (χ1n) is 8.33. The van der Waals surface area contributed by atoms with Crippen molar-refractivity contribution in [2.45, 2.75) is 25.9 Å². The van der Waals surface area contributed by atoms with E-state index >= 15 is 0 Å². The number of carbonyl (C=O) groups excluding carboxylic acids is 2. The highest BCUT2D eigenvalue weighted by molar-refractivity contribution is 6.31. The third kappa shape index (κ3) is 4.99. The van der Waals surface area contributed by atoms with Crippen LogP contribution in [0.15, 0.2) is 48.5 Å². The molecule has 6 heteroatoms. The molecule has 0 unspecified atom stereocenters. The Balaban J connectivity index is 2.23. The number of hydrogen-bond donors (Lipinski definition) is 1. The molecule has 0 saturated carbocycles. The first-order chi connectivity index (χ1) is 12.5. The summed E-state index contributed by atoms with van der Waals surface area (Å²) in [7, 11) is 3.16. The number of ether oxygens (including phenoxy) is 1. The largest absolute Gasteiger partial charge is 0.497 e. The van der Waals surface area contributed by atoms with Gasteiger partial charge in [0.05, 0.1) is 13.5 Å². The molecule has 0 aromatic heterocycles. The highest BCUT2D eigenvalue weighted by atomic mass is 35.5. The zero-order chi connectivity index (χ0) is 19.1. The molecule has 0 fully saturated rings. The van der Waals surface area contributed by atoms with Crippen LogP contribution in [0.4, 0.5) is 0 Å². The van der Waals surface area contributed by atoms with Gasteiger partial charge in [0.25, 0.3) is 0 Å². The molecule has 2 amide bonds. The molecule has 2 rings (SSSR count). The van der Waals surface area contributed by atoms with Gasteiger partial charge >= 0.3 is 0 Å². The van der Waals surface area contributed by atoms with Gasteiger partial charge in [-0.05, 0) is 36.2 Å². The predicted octanol–water partition coefficient (Wildman–Crippen LogP) is 3.05. The fourth-order valence-corrected chi connectivity index (χ4v) is 2.83. The average molecular weight is 375 g/mol. The molecule has 0 aliphatic carbocycles. The van der Waals surface area contributed by atoms with Crippen molar-refractivity contribution in [3.63, 3.8) is 0 Å². The maximum absolute atomic E-state index is 12.9. The topological polar surface area (TPSA) is 58.6 Å². The van der Waals surface area contributed by atoms with Gasteiger partial charge in [-0.1, -0.05) is 41.9 Å². The van der Waals surface area contributed by atoms with Crippen molar-refractivity contribution < 1.29 is 14.3 Å². The summed E-state index contributed by atoms with van der Waals surface area (Å²) in [5.74, 6) is 0.359. The van der Waals surface area contributed by atoms with Crippen LogP contribution >= 0.6 is 11.6 Å². The van der Waals surface area contributed by atoms with Gasteiger partial charge < -0.3 is 15.0 Å². The summed E-state index contributed by atoms with van der Waals surface area (Å²) >= 11 is 6.17. The van der Waals surface area contributed by atoms with Gasteiger partial charge in [0, 0.05) is 18.6 Å². The average Bonchev–Trinajstić information content (AvgIpc) is 2.67. The molecule has 0 aliphatic heterocycles. The quantitative estimate of drug-likeness (QED) is 0.810. The summed E-state index contributed by atoms with van der Waals surface area (Å²) in [6.07, 6.45) is 0.136. The van der Waals surface area contributed by atoms with Gasteiger partial charge in [0.15, 0.2) is 0 Å². The molecular weight excluding hydrogens is 352 g/mol. The summed E-state index contributed by atoms with van der Waals surface area (Å²) in [6.45, 7) is 2.04. The molecule has 138 valence electrons. The van der Waals surface area contributed by atoms with E-state index in [1.165, 1.54) is 0 Å². The maximum atomic E-state index is 12.9. The fraction of sp³-hybridized carbons (Fsp3) is 0.300. The van der Waals surface area contributed by atoms with Gasteiger partial charge in [-0.3, -0.25) is 9.59 Å². The molecule has 5 nitrogen and oxygen atoms in total. The number of nitrogens with one attached hydrogen (secondary N) is 1. The number of rotatable bonds is 7. The van der Waals surface area contributed by atoms with Crippen LogP contribution in [0.25, 0.3) is 0 Å². The van der Waals surface area contributed by atoms with E-state index in [-0.39, 0.29) is 18.2 Å². The second kappa shape index (κ2) is 9.25. The van der Waals surface area contributed by atoms with Crippen LogP contribution in [0, 0.1) is 0 Å². The Bertz CT molecular complexity index is 762. The molecule has 0 bridgehead atoms. The zero-order valence-electron chi connectivity index (χ0n) is 15.2. The predicted molar refractivity (Wildman–Crippen MR) is 102 cm³/mol. The summed E-state index contributed by atoms with van der Waals surface area (Å²) in [6, 6.07) is 14.0. The molecule has 2 aromatic carbocycles. The number of nitrogens with zero attached hydrogens (tertiary/aromatic N) is 1. The first kappa shape index (κ1) is 19.8. The number of likely N-dealkylation sites (N-methyl/N-ethyl adjacent to an activating group) is 1. The summed E-state index contributed by atoms with van der Waals surface area (Å²) in [5.41, 5.74) is 1.65. The van der Waals surface area contributed by atoms with Crippen molar-refractivity contribution in [1.29, 1.82) is 0 Å². The van der Waals surface area contributed by atoms with Crippen LogP contribution in [-0.2, 0) is 22.6 Å². The van der Waals surface area contributed by atoms with Crippen molar-refractivity contribution in [3.8, 4) is 5.75 Å². The Hall–Kier alpha value is -2.53. The van der Waals surface area contributed by atoms with E-state index in [0.717, 1.165) is 16.9 Å². The third-order valence-electron chi connectivity index (χ3n) is 4.23. The lowest BCUT2D eigenvalue weighted by molar-refractivity contribution is -0.139. The van der Waals surface area contributed by atoms with Crippen LogP contribution < -0.4 is 10.1 Å². The van der Waals surface area contributed by atoms with Crippen LogP contribution in [0.2, 0.25) is 5.02 Å². The molecular formula is C20H23ClN2O3. The number of benzene rings is 2. The second-order valence-corrected chi connectivity index (χ2v) is 6.34. The van der Waals surface area contributed by atoms with E-state index in [1.54, 1.807) is 32.0 Å². The minimum atomic E-state index is -0.600. The lowest BCUT2D eigenvalue weighted by atomic mass is 10.1. The molecule has 0 spiro atoms. The van der Waals surface area contributed by atoms with Gasteiger partial charge in [-0.15, -0.1) is 0 Å². The van der Waals surface area contributed by atoms with Crippen molar-refractivity contribution in [2.24, 2.45) is 0 Å². The molecule has 2 aromatic rings. The van der Waals surface area contributed by atoms with Crippen LogP contribution in [0.1, 0.15) is 18.1 Å². The minimum Gasteiger partial charge on any atom is -0.497 e. The number of carbonyl (C=O) groups is 2. The molecule has 1 N–H and O–H groups in total. The monoisotopic (exact) mass is 374 g/mol. The zero-order valence-corrected chi connectivity index (χ0v) is 15.9. The Morgan fingerprint density at radius 3 is 2.38 bits per heavy atom. The van der Waals surface area contributed by atoms with E-state index < -0.39 is 6.04 Å².